The van der Waals surface area contributed by atoms with Gasteiger partial charge in [0.05, 0.1) is 9.75 Å². The van der Waals surface area contributed by atoms with Crippen LogP contribution in [-0.4, -0.2) is 16.3 Å². The summed E-state index contributed by atoms with van der Waals surface area (Å²) in [6.07, 6.45) is 4.30. The average Bonchev–Trinajstić information content (AvgIpc) is 3.02. The average molecular weight is 442 g/mol. The second-order valence-electron chi connectivity index (χ2n) is 5.26. The monoisotopic (exact) mass is 442 g/mol. The van der Waals surface area contributed by atoms with Crippen LogP contribution in [-0.2, 0) is 0 Å². The van der Waals surface area contributed by atoms with Crippen molar-refractivity contribution in [3.05, 3.63) is 70.1 Å². The number of aldehydes is 1. The molecule has 0 radical (unpaired) electrons. The molecule has 0 atom stereocenters. The molecule has 0 unspecified atom stereocenters. The molecule has 0 fully saturated rings. The van der Waals surface area contributed by atoms with Crippen LogP contribution in [0.2, 0.25) is 0 Å². The van der Waals surface area contributed by atoms with Crippen LogP contribution in [0, 0.1) is 3.57 Å². The first-order valence-electron chi connectivity index (χ1n) is 7.31. The third-order valence-corrected chi connectivity index (χ3v) is 5.73. The minimum atomic E-state index is 0.670. The summed E-state index contributed by atoms with van der Waals surface area (Å²) >= 11 is 3.98. The highest BCUT2D eigenvalue weighted by molar-refractivity contribution is 14.1. The van der Waals surface area contributed by atoms with E-state index in [0.717, 1.165) is 38.2 Å². The van der Waals surface area contributed by atoms with E-state index in [-0.39, 0.29) is 0 Å². The fraction of sp³-hybridized carbons (Fsp3) is 0. The van der Waals surface area contributed by atoms with Gasteiger partial charge in [0.25, 0.3) is 0 Å². The maximum atomic E-state index is 10.9. The van der Waals surface area contributed by atoms with Gasteiger partial charge in [0.1, 0.15) is 17.3 Å². The van der Waals surface area contributed by atoms with Crippen LogP contribution < -0.4 is 0 Å². The van der Waals surface area contributed by atoms with E-state index in [1.54, 1.807) is 23.7 Å². The molecule has 3 nitrogen and oxygen atoms in total. The molecular formula is C19H11IN2OS. The minimum absolute atomic E-state index is 0.670. The number of fused-ring (bicyclic) bond motifs is 1. The van der Waals surface area contributed by atoms with E-state index in [1.165, 1.54) is 3.57 Å². The van der Waals surface area contributed by atoms with Gasteiger partial charge >= 0.3 is 0 Å². The van der Waals surface area contributed by atoms with Gasteiger partial charge in [-0.25, -0.2) is 0 Å². The molecule has 2 heterocycles. The van der Waals surface area contributed by atoms with Crippen molar-refractivity contribution in [1.82, 2.24) is 9.97 Å². The third-order valence-electron chi connectivity index (χ3n) is 3.75. The highest BCUT2D eigenvalue weighted by atomic mass is 127. The molecule has 4 rings (SSSR count). The number of rotatable bonds is 3. The SMILES string of the molecule is O=Cc1ccc(-c2sc(-c3ccc(I)cc3)c3nccnc23)cc1. The van der Waals surface area contributed by atoms with Crippen LogP contribution >= 0.6 is 33.9 Å². The van der Waals surface area contributed by atoms with Gasteiger partial charge < -0.3 is 0 Å². The predicted molar refractivity (Wildman–Crippen MR) is 106 cm³/mol. The summed E-state index contributed by atoms with van der Waals surface area (Å²) in [5, 5.41) is 0. The van der Waals surface area contributed by atoms with E-state index in [2.05, 4.69) is 56.8 Å². The number of thiophene rings is 1. The zero-order valence-corrected chi connectivity index (χ0v) is 15.4. The summed E-state index contributed by atoms with van der Waals surface area (Å²) in [6, 6.07) is 16.0. The zero-order valence-electron chi connectivity index (χ0n) is 12.4. The Balaban J connectivity index is 1.93. The van der Waals surface area contributed by atoms with Crippen LogP contribution in [0.25, 0.3) is 31.9 Å². The number of aromatic nitrogens is 2. The van der Waals surface area contributed by atoms with Crippen LogP contribution in [0.4, 0.5) is 0 Å². The topological polar surface area (TPSA) is 42.9 Å². The number of nitrogens with zero attached hydrogens (tertiary/aromatic N) is 2. The first-order valence-corrected chi connectivity index (χ1v) is 9.21. The molecule has 0 saturated carbocycles. The number of halogens is 1. The Bertz CT molecular complexity index is 1020. The Morgan fingerprint density at radius 1 is 0.792 bits per heavy atom. The maximum absolute atomic E-state index is 10.9. The van der Waals surface area contributed by atoms with Crippen LogP contribution in [0.1, 0.15) is 10.4 Å². The van der Waals surface area contributed by atoms with Crippen LogP contribution in [0.15, 0.2) is 60.9 Å². The Hall–Kier alpha value is -2.12. The molecule has 24 heavy (non-hydrogen) atoms. The predicted octanol–water partition coefficient (Wildman–Crippen LogP) is 5.44. The molecule has 0 aliphatic carbocycles. The molecule has 0 amide bonds. The third kappa shape index (κ3) is 2.74. The molecule has 4 aromatic rings. The minimum Gasteiger partial charge on any atom is -0.298 e. The zero-order chi connectivity index (χ0) is 16.5. The molecule has 5 heteroatoms. The molecular weight excluding hydrogens is 431 g/mol. The van der Waals surface area contributed by atoms with Gasteiger partial charge in [-0.2, -0.15) is 0 Å². The van der Waals surface area contributed by atoms with Crippen LogP contribution in [0.5, 0.6) is 0 Å². The van der Waals surface area contributed by atoms with Crippen LogP contribution in [0.3, 0.4) is 0 Å². The van der Waals surface area contributed by atoms with Gasteiger partial charge in [0.2, 0.25) is 0 Å². The molecule has 0 N–H and O–H groups in total. The molecule has 0 aliphatic heterocycles. The standard InChI is InChI=1S/C19H11IN2OS/c20-15-7-5-14(6-8-15)19-17-16(21-9-10-22-17)18(24-19)13-3-1-12(11-23)2-4-13/h1-11H. The highest BCUT2D eigenvalue weighted by Crippen LogP contribution is 2.42. The first kappa shape index (κ1) is 15.4. The second-order valence-corrected chi connectivity index (χ2v) is 7.53. The van der Waals surface area contributed by atoms with Gasteiger partial charge in [-0.1, -0.05) is 36.4 Å². The van der Waals surface area contributed by atoms with E-state index in [4.69, 9.17) is 0 Å². The first-order chi connectivity index (χ1) is 11.8. The Morgan fingerprint density at radius 2 is 1.29 bits per heavy atom. The van der Waals surface area contributed by atoms with Gasteiger partial charge in [-0.3, -0.25) is 14.8 Å². The lowest BCUT2D eigenvalue weighted by atomic mass is 10.1. The highest BCUT2D eigenvalue weighted by Gasteiger charge is 2.16. The van der Waals surface area contributed by atoms with Crippen molar-refractivity contribution in [3.63, 3.8) is 0 Å². The number of carbonyl (C=O) groups excluding carboxylic acids is 1. The summed E-state index contributed by atoms with van der Waals surface area (Å²) in [5.74, 6) is 0. The molecule has 2 aromatic heterocycles. The largest absolute Gasteiger partial charge is 0.298 e. The number of hydrogen-bond acceptors (Lipinski definition) is 4. The summed E-state index contributed by atoms with van der Waals surface area (Å²) in [4.78, 5) is 22.1. The van der Waals surface area contributed by atoms with Crippen molar-refractivity contribution >= 4 is 51.2 Å². The van der Waals surface area contributed by atoms with Crippen molar-refractivity contribution in [1.29, 1.82) is 0 Å². The van der Waals surface area contributed by atoms with Gasteiger partial charge in [0.15, 0.2) is 0 Å². The quantitative estimate of drug-likeness (QED) is 0.314. The smallest absolute Gasteiger partial charge is 0.150 e. The lowest BCUT2D eigenvalue weighted by Crippen LogP contribution is -1.82. The van der Waals surface area contributed by atoms with Gasteiger partial charge in [-0.05, 0) is 45.9 Å². The summed E-state index contributed by atoms with van der Waals surface area (Å²) < 4.78 is 1.20. The van der Waals surface area contributed by atoms with Gasteiger partial charge in [-0.15, -0.1) is 11.3 Å². The van der Waals surface area contributed by atoms with Crippen molar-refractivity contribution in [2.24, 2.45) is 0 Å². The maximum Gasteiger partial charge on any atom is 0.150 e. The van der Waals surface area contributed by atoms with Crippen molar-refractivity contribution in [2.75, 3.05) is 0 Å². The van der Waals surface area contributed by atoms with E-state index >= 15 is 0 Å². The molecule has 0 saturated heterocycles. The molecule has 0 bridgehead atoms. The van der Waals surface area contributed by atoms with E-state index in [0.29, 0.717) is 5.56 Å². The molecule has 2 aromatic carbocycles. The fourth-order valence-corrected chi connectivity index (χ4v) is 4.14. The molecule has 0 spiro atoms. The Kier molecular flexibility index (Phi) is 4.12. The van der Waals surface area contributed by atoms with Gasteiger partial charge in [0, 0.05) is 21.5 Å². The number of hydrogen-bond donors (Lipinski definition) is 0. The van der Waals surface area contributed by atoms with E-state index in [9.17, 15) is 4.79 Å². The van der Waals surface area contributed by atoms with Crippen molar-refractivity contribution in [2.45, 2.75) is 0 Å². The van der Waals surface area contributed by atoms with E-state index in [1.807, 2.05) is 24.3 Å². The summed E-state index contributed by atoms with van der Waals surface area (Å²) in [7, 11) is 0. The number of carbonyl (C=O) groups is 1. The lowest BCUT2D eigenvalue weighted by Gasteiger charge is -1.98. The van der Waals surface area contributed by atoms with Crippen molar-refractivity contribution < 1.29 is 4.79 Å². The molecule has 116 valence electrons. The Labute approximate surface area is 156 Å². The Morgan fingerprint density at radius 3 is 1.79 bits per heavy atom. The lowest BCUT2D eigenvalue weighted by molar-refractivity contribution is 0.112. The number of benzene rings is 2. The second kappa shape index (κ2) is 6.41. The van der Waals surface area contributed by atoms with E-state index < -0.39 is 0 Å². The van der Waals surface area contributed by atoms with Crippen molar-refractivity contribution in [3.8, 4) is 20.9 Å². The normalized spacial score (nSPS) is 10.9. The fourth-order valence-electron chi connectivity index (χ4n) is 2.57. The molecule has 0 aliphatic rings. The summed E-state index contributed by atoms with van der Waals surface area (Å²) in [5.41, 5.74) is 4.67. The summed E-state index contributed by atoms with van der Waals surface area (Å²) in [6.45, 7) is 0.